The maximum atomic E-state index is 12.2. The van der Waals surface area contributed by atoms with E-state index in [9.17, 15) is 9.59 Å². The van der Waals surface area contributed by atoms with Gasteiger partial charge in [0.1, 0.15) is 6.04 Å². The molecule has 0 saturated carbocycles. The summed E-state index contributed by atoms with van der Waals surface area (Å²) in [5, 5.41) is 11.8. The number of thioether (sulfide) groups is 1. The zero-order chi connectivity index (χ0) is 15.3. The summed E-state index contributed by atoms with van der Waals surface area (Å²) >= 11 is 1.55. The first kappa shape index (κ1) is 16.6. The molecule has 1 rings (SSSR count). The predicted octanol–water partition coefficient (Wildman–Crippen LogP) is 2.95. The summed E-state index contributed by atoms with van der Waals surface area (Å²) in [6.45, 7) is 5.71. The van der Waals surface area contributed by atoms with Gasteiger partial charge in [0.25, 0.3) is 5.91 Å². The molecule has 1 aromatic rings. The average Bonchev–Trinajstić information content (AvgIpc) is 2.37. The highest BCUT2D eigenvalue weighted by molar-refractivity contribution is 7.98. The van der Waals surface area contributed by atoms with E-state index in [1.165, 1.54) is 0 Å². The number of aliphatic carboxylic acids is 1. The number of carboxylic acid groups (broad SMARTS) is 1. The van der Waals surface area contributed by atoms with Crippen molar-refractivity contribution >= 4 is 23.6 Å². The zero-order valence-electron chi connectivity index (χ0n) is 12.3. The van der Waals surface area contributed by atoms with Crippen LogP contribution in [0.5, 0.6) is 0 Å². The fourth-order valence-corrected chi connectivity index (χ4v) is 2.34. The summed E-state index contributed by atoms with van der Waals surface area (Å²) < 4.78 is 0. The molecule has 5 heteroatoms. The van der Waals surface area contributed by atoms with E-state index in [1.54, 1.807) is 17.8 Å². The maximum absolute atomic E-state index is 12.2. The van der Waals surface area contributed by atoms with Gasteiger partial charge in [-0.25, -0.2) is 4.79 Å². The van der Waals surface area contributed by atoms with E-state index in [1.807, 2.05) is 39.2 Å². The van der Waals surface area contributed by atoms with Crippen molar-refractivity contribution in [3.8, 4) is 0 Å². The molecule has 0 aliphatic heterocycles. The second-order valence-corrected chi connectivity index (χ2v) is 6.05. The third-order valence-electron chi connectivity index (χ3n) is 3.00. The lowest BCUT2D eigenvalue weighted by Crippen LogP contribution is -2.41. The summed E-state index contributed by atoms with van der Waals surface area (Å²) in [6.07, 6.45) is 2.35. The average molecular weight is 295 g/mol. The van der Waals surface area contributed by atoms with Crippen LogP contribution >= 0.6 is 11.8 Å². The van der Waals surface area contributed by atoms with Crippen LogP contribution in [-0.4, -0.2) is 29.3 Å². The van der Waals surface area contributed by atoms with Gasteiger partial charge in [-0.1, -0.05) is 19.9 Å². The van der Waals surface area contributed by atoms with Crippen LogP contribution < -0.4 is 5.32 Å². The van der Waals surface area contributed by atoms with Crippen molar-refractivity contribution in [3.63, 3.8) is 0 Å². The zero-order valence-corrected chi connectivity index (χ0v) is 13.1. The number of carbonyl (C=O) groups excluding carboxylic acids is 1. The van der Waals surface area contributed by atoms with Gasteiger partial charge in [0.05, 0.1) is 0 Å². The van der Waals surface area contributed by atoms with Crippen molar-refractivity contribution < 1.29 is 14.7 Å². The van der Waals surface area contributed by atoms with Crippen LogP contribution in [0.4, 0.5) is 0 Å². The van der Waals surface area contributed by atoms with Gasteiger partial charge in [-0.2, -0.15) is 0 Å². The molecule has 1 aromatic carbocycles. The number of hydrogen-bond donors (Lipinski definition) is 2. The number of benzene rings is 1. The highest BCUT2D eigenvalue weighted by atomic mass is 32.2. The fraction of sp³-hybridized carbons (Fsp3) is 0.467. The van der Waals surface area contributed by atoms with E-state index in [0.29, 0.717) is 12.0 Å². The summed E-state index contributed by atoms with van der Waals surface area (Å²) in [4.78, 5) is 24.4. The maximum Gasteiger partial charge on any atom is 0.326 e. The Bertz CT molecular complexity index is 500. The molecule has 110 valence electrons. The monoisotopic (exact) mass is 295 g/mol. The van der Waals surface area contributed by atoms with Gasteiger partial charge in [-0.15, -0.1) is 11.8 Å². The van der Waals surface area contributed by atoms with E-state index in [4.69, 9.17) is 5.11 Å². The molecule has 0 spiro atoms. The Morgan fingerprint density at radius 2 is 2.00 bits per heavy atom. The number of hydrogen-bond acceptors (Lipinski definition) is 3. The summed E-state index contributed by atoms with van der Waals surface area (Å²) in [5.74, 6) is -1.12. The largest absolute Gasteiger partial charge is 0.480 e. The number of nitrogens with one attached hydrogen (secondary N) is 1. The topological polar surface area (TPSA) is 66.4 Å². The van der Waals surface area contributed by atoms with E-state index in [2.05, 4.69) is 5.32 Å². The molecule has 1 unspecified atom stereocenters. The Kier molecular flexibility index (Phi) is 6.07. The fourth-order valence-electron chi connectivity index (χ4n) is 1.90. The van der Waals surface area contributed by atoms with Crippen LogP contribution in [0.25, 0.3) is 0 Å². The third-order valence-corrected chi connectivity index (χ3v) is 3.73. The summed E-state index contributed by atoms with van der Waals surface area (Å²) in [6, 6.07) is 4.77. The van der Waals surface area contributed by atoms with Gasteiger partial charge in [-0.3, -0.25) is 4.79 Å². The van der Waals surface area contributed by atoms with Crippen molar-refractivity contribution in [1.29, 1.82) is 0 Å². The molecule has 4 nitrogen and oxygen atoms in total. The quantitative estimate of drug-likeness (QED) is 0.792. The SMILES string of the molecule is CSc1ccc(C)c(C(=O)NC(CC(C)C)C(=O)O)c1. The highest BCUT2D eigenvalue weighted by Crippen LogP contribution is 2.19. The second-order valence-electron chi connectivity index (χ2n) is 5.17. The van der Waals surface area contributed by atoms with Crippen molar-refractivity contribution in [2.45, 2.75) is 38.1 Å². The van der Waals surface area contributed by atoms with Crippen molar-refractivity contribution in [3.05, 3.63) is 29.3 Å². The van der Waals surface area contributed by atoms with Gasteiger partial charge >= 0.3 is 5.97 Å². The normalized spacial score (nSPS) is 12.2. The molecule has 1 amide bonds. The minimum Gasteiger partial charge on any atom is -0.480 e. The van der Waals surface area contributed by atoms with Gasteiger partial charge in [0, 0.05) is 10.5 Å². The molecule has 0 aliphatic carbocycles. The third kappa shape index (κ3) is 4.56. The molecular weight excluding hydrogens is 274 g/mol. The van der Waals surface area contributed by atoms with E-state index < -0.39 is 12.0 Å². The van der Waals surface area contributed by atoms with E-state index in [0.717, 1.165) is 10.5 Å². The molecule has 1 atom stereocenters. The Balaban J connectivity index is 2.91. The van der Waals surface area contributed by atoms with Crippen LogP contribution in [0, 0.1) is 12.8 Å². The second kappa shape index (κ2) is 7.33. The lowest BCUT2D eigenvalue weighted by molar-refractivity contribution is -0.139. The van der Waals surface area contributed by atoms with Crippen LogP contribution in [-0.2, 0) is 4.79 Å². The molecule has 20 heavy (non-hydrogen) atoms. The molecular formula is C15H21NO3S. The van der Waals surface area contributed by atoms with Crippen LogP contribution in [0.3, 0.4) is 0 Å². The Morgan fingerprint density at radius 3 is 2.50 bits per heavy atom. The molecule has 0 fully saturated rings. The number of rotatable bonds is 6. The van der Waals surface area contributed by atoms with Crippen LogP contribution in [0.15, 0.2) is 23.1 Å². The number of aryl methyl sites for hydroxylation is 1. The number of amides is 1. The van der Waals surface area contributed by atoms with Crippen molar-refractivity contribution in [2.75, 3.05) is 6.26 Å². The lowest BCUT2D eigenvalue weighted by atomic mass is 10.0. The molecule has 0 bridgehead atoms. The van der Waals surface area contributed by atoms with Crippen LogP contribution in [0.2, 0.25) is 0 Å². The van der Waals surface area contributed by atoms with Gasteiger partial charge in [0.2, 0.25) is 0 Å². The number of carboxylic acids is 1. The smallest absolute Gasteiger partial charge is 0.326 e. The number of carbonyl (C=O) groups is 2. The summed E-state index contributed by atoms with van der Waals surface area (Å²) in [5.41, 5.74) is 1.38. The van der Waals surface area contributed by atoms with Gasteiger partial charge in [-0.05, 0) is 43.2 Å². The molecule has 0 heterocycles. The highest BCUT2D eigenvalue weighted by Gasteiger charge is 2.22. The molecule has 2 N–H and O–H groups in total. The van der Waals surface area contributed by atoms with Crippen molar-refractivity contribution in [2.24, 2.45) is 5.92 Å². The van der Waals surface area contributed by atoms with Crippen molar-refractivity contribution in [1.82, 2.24) is 5.32 Å². The first-order chi connectivity index (χ1) is 9.35. The Hall–Kier alpha value is -1.49. The predicted molar refractivity (Wildman–Crippen MR) is 81.3 cm³/mol. The molecule has 0 aliphatic rings. The molecule has 0 saturated heterocycles. The van der Waals surface area contributed by atoms with E-state index >= 15 is 0 Å². The van der Waals surface area contributed by atoms with E-state index in [-0.39, 0.29) is 11.8 Å². The van der Waals surface area contributed by atoms with Gasteiger partial charge < -0.3 is 10.4 Å². The first-order valence-corrected chi connectivity index (χ1v) is 7.76. The van der Waals surface area contributed by atoms with Gasteiger partial charge in [0.15, 0.2) is 0 Å². The van der Waals surface area contributed by atoms with Crippen LogP contribution in [0.1, 0.15) is 36.2 Å². The Morgan fingerprint density at radius 1 is 1.35 bits per heavy atom. The minimum atomic E-state index is -0.995. The molecule has 0 aromatic heterocycles. The molecule has 0 radical (unpaired) electrons. The lowest BCUT2D eigenvalue weighted by Gasteiger charge is -2.17. The first-order valence-electron chi connectivity index (χ1n) is 6.53. The summed E-state index contributed by atoms with van der Waals surface area (Å²) in [7, 11) is 0. The minimum absolute atomic E-state index is 0.204. The Labute approximate surface area is 124 Å². The standard InChI is InChI=1S/C15H21NO3S/c1-9(2)7-13(15(18)19)16-14(17)12-8-11(20-4)6-5-10(12)3/h5-6,8-9,13H,7H2,1-4H3,(H,16,17)(H,18,19).